The Labute approximate surface area is 129 Å². The number of nitro groups is 1. The summed E-state index contributed by atoms with van der Waals surface area (Å²) in [6, 6.07) is 4.07. The molecule has 2 atom stereocenters. The number of morpholine rings is 1. The maximum Gasteiger partial charge on any atom is 0.270 e. The molecule has 8 heteroatoms. The van der Waals surface area contributed by atoms with Crippen LogP contribution in [-0.2, 0) is 4.74 Å². The van der Waals surface area contributed by atoms with Crippen LogP contribution in [0.25, 0.3) is 0 Å². The van der Waals surface area contributed by atoms with Crippen LogP contribution < -0.4 is 0 Å². The lowest BCUT2D eigenvalue weighted by Gasteiger charge is -2.36. The van der Waals surface area contributed by atoms with E-state index in [4.69, 9.17) is 4.74 Å². The fourth-order valence-corrected chi connectivity index (χ4v) is 2.69. The van der Waals surface area contributed by atoms with Crippen LogP contribution in [0.5, 0.6) is 0 Å². The average Bonchev–Trinajstić information content (AvgIpc) is 2.46. The molecule has 1 fully saturated rings. The van der Waals surface area contributed by atoms with E-state index >= 15 is 0 Å². The standard InChI is InChI=1S/C13H15BrN2O5/c1-8-5-15(6-10(7-17)21-8)13(18)11-4-9(16(19)20)2-3-12(11)14/h2-4,8,10,17H,5-7H2,1H3. The molecule has 0 aliphatic carbocycles. The third-order valence-electron chi connectivity index (χ3n) is 3.21. The molecule has 1 N–H and O–H groups in total. The Bertz CT molecular complexity index is 565. The SMILES string of the molecule is CC1CN(C(=O)c2cc([N+](=O)[O-])ccc2Br)CC(CO)O1. The zero-order chi connectivity index (χ0) is 15.6. The minimum atomic E-state index is -0.540. The lowest BCUT2D eigenvalue weighted by atomic mass is 10.1. The van der Waals surface area contributed by atoms with Crippen molar-refractivity contribution in [2.45, 2.75) is 19.1 Å². The van der Waals surface area contributed by atoms with Gasteiger partial charge in [0, 0.05) is 29.7 Å². The highest BCUT2D eigenvalue weighted by molar-refractivity contribution is 9.10. The molecule has 2 unspecified atom stereocenters. The van der Waals surface area contributed by atoms with Crippen molar-refractivity contribution in [3.05, 3.63) is 38.3 Å². The number of aliphatic hydroxyl groups excluding tert-OH is 1. The number of hydrogen-bond donors (Lipinski definition) is 1. The van der Waals surface area contributed by atoms with Crippen LogP contribution in [0.3, 0.4) is 0 Å². The van der Waals surface area contributed by atoms with E-state index in [0.717, 1.165) is 0 Å². The number of aliphatic hydroxyl groups is 1. The van der Waals surface area contributed by atoms with Gasteiger partial charge in [0.2, 0.25) is 0 Å². The second-order valence-electron chi connectivity index (χ2n) is 4.88. The average molecular weight is 359 g/mol. The Balaban J connectivity index is 2.26. The third kappa shape index (κ3) is 3.58. The van der Waals surface area contributed by atoms with Gasteiger partial charge in [0.05, 0.1) is 29.3 Å². The monoisotopic (exact) mass is 358 g/mol. The molecule has 1 aliphatic rings. The molecule has 1 aliphatic heterocycles. The first kappa shape index (κ1) is 15.9. The largest absolute Gasteiger partial charge is 0.394 e. The number of carbonyl (C=O) groups is 1. The van der Waals surface area contributed by atoms with Crippen molar-refractivity contribution in [2.75, 3.05) is 19.7 Å². The number of amides is 1. The predicted molar refractivity (Wildman–Crippen MR) is 78.1 cm³/mol. The molecule has 1 saturated heterocycles. The number of rotatable bonds is 3. The van der Waals surface area contributed by atoms with E-state index in [9.17, 15) is 20.0 Å². The smallest absolute Gasteiger partial charge is 0.270 e. The van der Waals surface area contributed by atoms with E-state index in [1.165, 1.54) is 18.2 Å². The minimum absolute atomic E-state index is 0.137. The van der Waals surface area contributed by atoms with Crippen LogP contribution in [0.15, 0.2) is 22.7 Å². The van der Waals surface area contributed by atoms with Crippen molar-refractivity contribution in [1.82, 2.24) is 4.90 Å². The Morgan fingerprint density at radius 3 is 2.90 bits per heavy atom. The molecule has 1 aromatic carbocycles. The topological polar surface area (TPSA) is 92.9 Å². The number of nitrogens with zero attached hydrogens (tertiary/aromatic N) is 2. The van der Waals surface area contributed by atoms with Crippen molar-refractivity contribution in [3.63, 3.8) is 0 Å². The highest BCUT2D eigenvalue weighted by atomic mass is 79.9. The molecule has 114 valence electrons. The van der Waals surface area contributed by atoms with E-state index in [0.29, 0.717) is 11.0 Å². The maximum atomic E-state index is 12.5. The van der Waals surface area contributed by atoms with Crippen LogP contribution in [0, 0.1) is 10.1 Å². The first-order chi connectivity index (χ1) is 9.92. The number of non-ortho nitro benzene ring substituents is 1. The molecule has 0 spiro atoms. The van der Waals surface area contributed by atoms with Gasteiger partial charge in [-0.2, -0.15) is 0 Å². The Hall–Kier alpha value is -1.51. The first-order valence-corrected chi connectivity index (χ1v) is 7.21. The fraction of sp³-hybridized carbons (Fsp3) is 0.462. The Morgan fingerprint density at radius 1 is 1.57 bits per heavy atom. The zero-order valence-corrected chi connectivity index (χ0v) is 12.9. The van der Waals surface area contributed by atoms with Crippen molar-refractivity contribution >= 4 is 27.5 Å². The van der Waals surface area contributed by atoms with Gasteiger partial charge in [-0.25, -0.2) is 0 Å². The van der Waals surface area contributed by atoms with Crippen LogP contribution >= 0.6 is 15.9 Å². The molecule has 1 aromatic rings. The van der Waals surface area contributed by atoms with E-state index < -0.39 is 11.0 Å². The van der Waals surface area contributed by atoms with Gasteiger partial charge >= 0.3 is 0 Å². The molecule has 1 heterocycles. The number of ether oxygens (including phenoxy) is 1. The van der Waals surface area contributed by atoms with Gasteiger partial charge in [0.1, 0.15) is 0 Å². The molecule has 2 rings (SSSR count). The molecule has 0 radical (unpaired) electrons. The highest BCUT2D eigenvalue weighted by Gasteiger charge is 2.30. The summed E-state index contributed by atoms with van der Waals surface area (Å²) in [5.41, 5.74) is 0.0940. The van der Waals surface area contributed by atoms with Gasteiger partial charge in [-0.05, 0) is 28.9 Å². The maximum absolute atomic E-state index is 12.5. The zero-order valence-electron chi connectivity index (χ0n) is 11.4. The second kappa shape index (κ2) is 6.50. The van der Waals surface area contributed by atoms with Crippen LogP contribution in [0.1, 0.15) is 17.3 Å². The molecule has 0 bridgehead atoms. The van der Waals surface area contributed by atoms with Crippen molar-refractivity contribution in [1.29, 1.82) is 0 Å². The van der Waals surface area contributed by atoms with Crippen LogP contribution in [0.4, 0.5) is 5.69 Å². The predicted octanol–water partition coefficient (Wildman–Crippen LogP) is 1.58. The molecule has 7 nitrogen and oxygen atoms in total. The van der Waals surface area contributed by atoms with Crippen LogP contribution in [-0.4, -0.2) is 52.7 Å². The van der Waals surface area contributed by atoms with Gasteiger partial charge in [0.25, 0.3) is 11.6 Å². The number of carbonyl (C=O) groups excluding carboxylic acids is 1. The van der Waals surface area contributed by atoms with Crippen molar-refractivity contribution in [2.24, 2.45) is 0 Å². The number of benzene rings is 1. The molecular formula is C13H15BrN2O5. The molecule has 21 heavy (non-hydrogen) atoms. The molecule has 0 aromatic heterocycles. The van der Waals surface area contributed by atoms with Gasteiger partial charge in [-0.3, -0.25) is 14.9 Å². The van der Waals surface area contributed by atoms with Gasteiger partial charge in [-0.15, -0.1) is 0 Å². The van der Waals surface area contributed by atoms with Crippen molar-refractivity contribution in [3.8, 4) is 0 Å². The fourth-order valence-electron chi connectivity index (χ4n) is 2.27. The van der Waals surface area contributed by atoms with E-state index in [1.54, 1.807) is 4.90 Å². The quantitative estimate of drug-likeness (QED) is 0.653. The molecule has 0 saturated carbocycles. The lowest BCUT2D eigenvalue weighted by Crippen LogP contribution is -2.50. The summed E-state index contributed by atoms with van der Waals surface area (Å²) in [4.78, 5) is 24.4. The van der Waals surface area contributed by atoms with E-state index in [1.807, 2.05) is 6.92 Å². The Morgan fingerprint density at radius 2 is 2.29 bits per heavy atom. The third-order valence-corrected chi connectivity index (χ3v) is 3.90. The summed E-state index contributed by atoms with van der Waals surface area (Å²) in [5.74, 6) is -0.320. The summed E-state index contributed by atoms with van der Waals surface area (Å²) in [5, 5.41) is 20.0. The minimum Gasteiger partial charge on any atom is -0.394 e. The first-order valence-electron chi connectivity index (χ1n) is 6.42. The van der Waals surface area contributed by atoms with Gasteiger partial charge in [0.15, 0.2) is 0 Å². The Kier molecular flexibility index (Phi) is 4.92. The molecular weight excluding hydrogens is 344 g/mol. The van der Waals surface area contributed by atoms with Gasteiger partial charge < -0.3 is 14.7 Å². The summed E-state index contributed by atoms with van der Waals surface area (Å²) < 4.78 is 5.98. The summed E-state index contributed by atoms with van der Waals surface area (Å²) >= 11 is 3.24. The summed E-state index contributed by atoms with van der Waals surface area (Å²) in [7, 11) is 0. The molecule has 1 amide bonds. The summed E-state index contributed by atoms with van der Waals surface area (Å²) in [6.07, 6.45) is -0.632. The summed E-state index contributed by atoms with van der Waals surface area (Å²) in [6.45, 7) is 2.27. The van der Waals surface area contributed by atoms with Crippen molar-refractivity contribution < 1.29 is 19.6 Å². The normalized spacial score (nSPS) is 22.1. The second-order valence-corrected chi connectivity index (χ2v) is 5.74. The number of nitro benzene ring substituents is 1. The lowest BCUT2D eigenvalue weighted by molar-refractivity contribution is -0.384. The van der Waals surface area contributed by atoms with Gasteiger partial charge in [-0.1, -0.05) is 0 Å². The highest BCUT2D eigenvalue weighted by Crippen LogP contribution is 2.25. The van der Waals surface area contributed by atoms with Crippen LogP contribution in [0.2, 0.25) is 0 Å². The van der Waals surface area contributed by atoms with E-state index in [-0.39, 0.29) is 36.4 Å². The number of halogens is 1. The van der Waals surface area contributed by atoms with E-state index in [2.05, 4.69) is 15.9 Å². The number of hydrogen-bond acceptors (Lipinski definition) is 5.